The van der Waals surface area contributed by atoms with Crippen molar-refractivity contribution in [3.8, 4) is 10.6 Å². The second-order valence-corrected chi connectivity index (χ2v) is 6.19. The molecule has 22 heavy (non-hydrogen) atoms. The molecule has 0 spiro atoms. The minimum absolute atomic E-state index is 0.0961. The summed E-state index contributed by atoms with van der Waals surface area (Å²) in [6.45, 7) is 1.15. The summed E-state index contributed by atoms with van der Waals surface area (Å²) >= 11 is 1.35. The zero-order valence-corrected chi connectivity index (χ0v) is 12.5. The number of nitrogens with zero attached hydrogens (tertiary/aromatic N) is 3. The van der Waals surface area contributed by atoms with Gasteiger partial charge in [0.15, 0.2) is 5.69 Å². The molecule has 0 atom stereocenters. The SMILES string of the molecule is NC1CCN(c2nc(-c3cccs3)cc(C(F)(F)F)n2)CC1. The quantitative estimate of drug-likeness (QED) is 0.920. The number of anilines is 1. The minimum atomic E-state index is -4.49. The summed E-state index contributed by atoms with van der Waals surface area (Å²) in [5.41, 5.74) is 5.24. The van der Waals surface area contributed by atoms with Crippen LogP contribution in [0.25, 0.3) is 10.6 Å². The van der Waals surface area contributed by atoms with Crippen molar-refractivity contribution in [3.63, 3.8) is 0 Å². The van der Waals surface area contributed by atoms with Gasteiger partial charge in [0.05, 0.1) is 10.6 Å². The molecule has 0 bridgehead atoms. The van der Waals surface area contributed by atoms with Crippen LogP contribution in [-0.2, 0) is 6.18 Å². The van der Waals surface area contributed by atoms with E-state index in [0.717, 1.165) is 18.9 Å². The summed E-state index contributed by atoms with van der Waals surface area (Å²) in [6, 6.07) is 4.64. The number of thiophene rings is 1. The van der Waals surface area contributed by atoms with Crippen LogP contribution >= 0.6 is 11.3 Å². The molecular formula is C14H15F3N4S. The van der Waals surface area contributed by atoms with Crippen LogP contribution in [0.5, 0.6) is 0 Å². The number of aromatic nitrogens is 2. The third-order valence-corrected chi connectivity index (χ3v) is 4.49. The molecule has 3 heterocycles. The van der Waals surface area contributed by atoms with Gasteiger partial charge in [0.1, 0.15) is 0 Å². The maximum atomic E-state index is 13.1. The minimum Gasteiger partial charge on any atom is -0.341 e. The Morgan fingerprint density at radius 2 is 1.95 bits per heavy atom. The highest BCUT2D eigenvalue weighted by molar-refractivity contribution is 7.13. The highest BCUT2D eigenvalue weighted by Gasteiger charge is 2.34. The molecule has 0 aliphatic carbocycles. The van der Waals surface area contributed by atoms with Crippen molar-refractivity contribution in [1.29, 1.82) is 0 Å². The standard InChI is InChI=1S/C14H15F3N4S/c15-14(16,17)12-8-10(11-2-1-7-22-11)19-13(20-12)21-5-3-9(18)4-6-21/h1-2,7-9H,3-6,18H2. The summed E-state index contributed by atoms with van der Waals surface area (Å²) in [6.07, 6.45) is -3.03. The lowest BCUT2D eigenvalue weighted by Gasteiger charge is -2.30. The van der Waals surface area contributed by atoms with Gasteiger partial charge in [-0.3, -0.25) is 0 Å². The number of halogens is 3. The molecule has 1 saturated heterocycles. The number of piperidine rings is 1. The van der Waals surface area contributed by atoms with E-state index in [0.29, 0.717) is 23.7 Å². The van der Waals surface area contributed by atoms with Crippen molar-refractivity contribution >= 4 is 17.3 Å². The fourth-order valence-electron chi connectivity index (χ4n) is 2.37. The van der Waals surface area contributed by atoms with Gasteiger partial charge in [-0.05, 0) is 30.4 Å². The zero-order chi connectivity index (χ0) is 15.7. The van der Waals surface area contributed by atoms with Gasteiger partial charge in [-0.25, -0.2) is 9.97 Å². The van der Waals surface area contributed by atoms with Crippen LogP contribution in [0.3, 0.4) is 0 Å². The predicted molar refractivity (Wildman–Crippen MR) is 79.8 cm³/mol. The monoisotopic (exact) mass is 328 g/mol. The molecule has 0 aromatic carbocycles. The fourth-order valence-corrected chi connectivity index (χ4v) is 3.06. The Bertz CT molecular complexity index is 634. The van der Waals surface area contributed by atoms with Crippen molar-refractivity contribution < 1.29 is 13.2 Å². The Balaban J connectivity index is 2.00. The van der Waals surface area contributed by atoms with Gasteiger partial charge in [-0.15, -0.1) is 11.3 Å². The van der Waals surface area contributed by atoms with Crippen molar-refractivity contribution in [2.75, 3.05) is 18.0 Å². The van der Waals surface area contributed by atoms with E-state index in [4.69, 9.17) is 5.73 Å². The summed E-state index contributed by atoms with van der Waals surface area (Å²) in [4.78, 5) is 10.5. The Morgan fingerprint density at radius 1 is 1.23 bits per heavy atom. The molecule has 2 aromatic heterocycles. The van der Waals surface area contributed by atoms with E-state index in [-0.39, 0.29) is 12.0 Å². The number of hydrogen-bond donors (Lipinski definition) is 1. The lowest BCUT2D eigenvalue weighted by Crippen LogP contribution is -2.40. The Hall–Kier alpha value is -1.67. The van der Waals surface area contributed by atoms with Gasteiger partial charge < -0.3 is 10.6 Å². The Kier molecular flexibility index (Phi) is 4.05. The van der Waals surface area contributed by atoms with Gasteiger partial charge in [0, 0.05) is 19.1 Å². The maximum Gasteiger partial charge on any atom is 0.433 e. The molecule has 8 heteroatoms. The third kappa shape index (κ3) is 3.22. The third-order valence-electron chi connectivity index (χ3n) is 3.60. The molecule has 0 unspecified atom stereocenters. The molecule has 2 aromatic rings. The maximum absolute atomic E-state index is 13.1. The normalized spacial score (nSPS) is 17.0. The largest absolute Gasteiger partial charge is 0.433 e. The first-order valence-corrected chi connectivity index (χ1v) is 7.82. The van der Waals surface area contributed by atoms with E-state index < -0.39 is 11.9 Å². The van der Waals surface area contributed by atoms with E-state index in [1.165, 1.54) is 11.3 Å². The molecule has 1 fully saturated rings. The van der Waals surface area contributed by atoms with Crippen molar-refractivity contribution in [2.45, 2.75) is 25.1 Å². The first-order valence-electron chi connectivity index (χ1n) is 6.94. The zero-order valence-electron chi connectivity index (χ0n) is 11.7. The van der Waals surface area contributed by atoms with Gasteiger partial charge in [-0.1, -0.05) is 6.07 Å². The first-order chi connectivity index (χ1) is 10.4. The molecule has 1 aliphatic heterocycles. The van der Waals surface area contributed by atoms with Crippen LogP contribution in [0.15, 0.2) is 23.6 Å². The highest BCUT2D eigenvalue weighted by Crippen LogP contribution is 2.33. The second-order valence-electron chi connectivity index (χ2n) is 5.24. The van der Waals surface area contributed by atoms with Crippen LogP contribution in [-0.4, -0.2) is 29.1 Å². The van der Waals surface area contributed by atoms with E-state index in [2.05, 4.69) is 9.97 Å². The Morgan fingerprint density at radius 3 is 2.55 bits per heavy atom. The molecule has 4 nitrogen and oxygen atoms in total. The van der Waals surface area contributed by atoms with Crippen molar-refractivity contribution in [2.24, 2.45) is 5.73 Å². The number of alkyl halides is 3. The lowest BCUT2D eigenvalue weighted by atomic mass is 10.1. The van der Waals surface area contributed by atoms with Crippen LogP contribution < -0.4 is 10.6 Å². The molecular weight excluding hydrogens is 313 g/mol. The molecule has 2 N–H and O–H groups in total. The molecule has 0 saturated carbocycles. The van der Waals surface area contributed by atoms with Crippen LogP contribution in [0.4, 0.5) is 19.1 Å². The van der Waals surface area contributed by atoms with Crippen molar-refractivity contribution in [3.05, 3.63) is 29.3 Å². The first kappa shape index (κ1) is 15.2. The summed E-state index contributed by atoms with van der Waals surface area (Å²) in [7, 11) is 0. The average Bonchev–Trinajstić information content (AvgIpc) is 3.01. The molecule has 3 rings (SSSR count). The summed E-state index contributed by atoms with van der Waals surface area (Å²) in [5.74, 6) is 0.130. The van der Waals surface area contributed by atoms with Crippen LogP contribution in [0, 0.1) is 0 Å². The number of nitrogens with two attached hydrogens (primary N) is 1. The molecule has 0 amide bonds. The number of hydrogen-bond acceptors (Lipinski definition) is 5. The predicted octanol–water partition coefficient (Wildman–Crippen LogP) is 3.15. The molecule has 0 radical (unpaired) electrons. The Labute approximate surface area is 129 Å². The van der Waals surface area contributed by atoms with Crippen LogP contribution in [0.2, 0.25) is 0 Å². The second kappa shape index (κ2) is 5.85. The lowest BCUT2D eigenvalue weighted by molar-refractivity contribution is -0.141. The van der Waals surface area contributed by atoms with Crippen LogP contribution in [0.1, 0.15) is 18.5 Å². The highest BCUT2D eigenvalue weighted by atomic mass is 32.1. The van der Waals surface area contributed by atoms with Crippen molar-refractivity contribution in [1.82, 2.24) is 9.97 Å². The summed E-state index contributed by atoms with van der Waals surface area (Å²) < 4.78 is 39.3. The van der Waals surface area contributed by atoms with E-state index >= 15 is 0 Å². The topological polar surface area (TPSA) is 55.0 Å². The van der Waals surface area contributed by atoms with E-state index in [1.54, 1.807) is 17.0 Å². The van der Waals surface area contributed by atoms with Gasteiger partial charge in [0.2, 0.25) is 5.95 Å². The average molecular weight is 328 g/mol. The smallest absolute Gasteiger partial charge is 0.341 e. The molecule has 118 valence electrons. The fraction of sp³-hybridized carbons (Fsp3) is 0.429. The molecule has 1 aliphatic rings. The van der Waals surface area contributed by atoms with Gasteiger partial charge >= 0.3 is 6.18 Å². The van der Waals surface area contributed by atoms with Gasteiger partial charge in [0.25, 0.3) is 0 Å². The van der Waals surface area contributed by atoms with E-state index in [9.17, 15) is 13.2 Å². The van der Waals surface area contributed by atoms with E-state index in [1.807, 2.05) is 5.38 Å². The number of rotatable bonds is 2. The van der Waals surface area contributed by atoms with Gasteiger partial charge in [-0.2, -0.15) is 13.2 Å². The summed E-state index contributed by atoms with van der Waals surface area (Å²) in [5, 5.41) is 1.81.